The van der Waals surface area contributed by atoms with Crippen LogP contribution in [-0.2, 0) is 39.3 Å². The number of Topliss-reactive ketones (excluding diaryl/α,β-unsaturated/α-hetero) is 1. The molecular weight excluding hydrogens is 726 g/mol. The van der Waals surface area contributed by atoms with Gasteiger partial charge in [-0.25, -0.2) is 4.21 Å². The molecule has 54 heavy (non-hydrogen) atoms. The number of hydrogen-bond donors (Lipinski definition) is 1. The van der Waals surface area contributed by atoms with Crippen LogP contribution in [0.25, 0.3) is 0 Å². The summed E-state index contributed by atoms with van der Waals surface area (Å²) in [5, 5.41) is 12.1. The summed E-state index contributed by atoms with van der Waals surface area (Å²) in [6, 6.07) is 11.5. The highest BCUT2D eigenvalue weighted by molar-refractivity contribution is 7.94. The Morgan fingerprint density at radius 1 is 1.17 bits per heavy atom. The molecule has 2 bridgehead atoms. The van der Waals surface area contributed by atoms with Gasteiger partial charge in [-0.05, 0) is 97.7 Å². The molecule has 1 spiro atoms. The van der Waals surface area contributed by atoms with Gasteiger partial charge in [-0.3, -0.25) is 9.59 Å². The summed E-state index contributed by atoms with van der Waals surface area (Å²) in [5.41, 5.74) is 4.48. The van der Waals surface area contributed by atoms with Crippen molar-refractivity contribution < 1.29 is 33.1 Å². The number of ketones is 1. The van der Waals surface area contributed by atoms with Crippen molar-refractivity contribution in [1.29, 1.82) is 0 Å². The number of anilines is 1. The van der Waals surface area contributed by atoms with E-state index in [0.29, 0.717) is 61.7 Å². The van der Waals surface area contributed by atoms with Gasteiger partial charge in [-0.2, -0.15) is 4.36 Å². The lowest BCUT2D eigenvalue weighted by Gasteiger charge is -2.45. The van der Waals surface area contributed by atoms with E-state index >= 15 is 0 Å². The molecule has 288 valence electrons. The molecule has 2 aliphatic carbocycles. The summed E-state index contributed by atoms with van der Waals surface area (Å²) in [7, 11) is -0.197. The van der Waals surface area contributed by atoms with Gasteiger partial charge >= 0.3 is 0 Å². The number of rotatable bonds is 5. The number of ether oxygens (including phenoxy) is 3. The fourth-order valence-electron chi connectivity index (χ4n) is 9.56. The SMILES string of the molecule is COc1c(C(=O)C[S@@]2(=O)=NC(=O)c3ccc4c(c3)N(C[C@@H]3CC[C@H]3[C@@H](O)/C=C/C[C@H](C)C2)C[C@@]2(CCCc3cc(Cl)ccc32)CO4)cn2c1C[C@@H](OC)C2. The molecule has 1 fully saturated rings. The highest BCUT2D eigenvalue weighted by Gasteiger charge is 2.44. The Morgan fingerprint density at radius 2 is 2.02 bits per heavy atom. The molecule has 3 aliphatic heterocycles. The van der Waals surface area contributed by atoms with Crippen molar-refractivity contribution in [3.8, 4) is 11.5 Å². The molecule has 0 radical (unpaired) electrons. The van der Waals surface area contributed by atoms with Gasteiger partial charge in [0.1, 0.15) is 5.75 Å². The number of halogens is 1. The molecular formula is C42H50ClN3O7S. The number of aliphatic hydroxyl groups excluding tert-OH is 1. The van der Waals surface area contributed by atoms with Crippen molar-refractivity contribution in [3.63, 3.8) is 0 Å². The number of allylic oxidation sites excluding steroid dienone is 1. The topological polar surface area (TPSA) is 120 Å². The monoisotopic (exact) mass is 775 g/mol. The van der Waals surface area contributed by atoms with E-state index in [0.717, 1.165) is 48.5 Å². The van der Waals surface area contributed by atoms with E-state index in [1.165, 1.54) is 18.2 Å². The number of amides is 1. The Morgan fingerprint density at radius 3 is 2.80 bits per heavy atom. The standard InChI is InChI=1S/C42H50ClN3O7S/c1-26-6-4-8-37(47)32-12-9-29(32)19-46-24-42(15-5-7-27-16-30(43)11-13-34(27)42)25-53-39-14-10-28(17-35(39)46)41(49)44-54(50,22-26)23-38(48)33-21-45-20-31(51-2)18-36(45)40(33)52-3/h4,8,10-11,13-14,16-17,21,26,29,31-32,37,47H,5-7,9,12,15,18-20,22-25H2,1-3H3/b8-4+/t26-,29-,31+,32+,37-,42-,54+/m0/s1. The molecule has 0 unspecified atom stereocenters. The van der Waals surface area contributed by atoms with Crippen LogP contribution in [0.5, 0.6) is 11.5 Å². The number of aliphatic hydroxyl groups is 1. The maximum Gasteiger partial charge on any atom is 0.285 e. The van der Waals surface area contributed by atoms with Crippen LogP contribution in [0.1, 0.15) is 76.6 Å². The molecule has 1 aromatic heterocycles. The first-order chi connectivity index (χ1) is 26.0. The summed E-state index contributed by atoms with van der Waals surface area (Å²) >= 11 is 6.46. The zero-order valence-electron chi connectivity index (χ0n) is 31.3. The fourth-order valence-corrected chi connectivity index (χ4v) is 12.0. The zero-order chi connectivity index (χ0) is 37.8. The third-order valence-electron chi connectivity index (χ3n) is 12.5. The van der Waals surface area contributed by atoms with Gasteiger partial charge in [0.2, 0.25) is 0 Å². The highest BCUT2D eigenvalue weighted by atomic mass is 35.5. The summed E-state index contributed by atoms with van der Waals surface area (Å²) < 4.78 is 39.1. The van der Waals surface area contributed by atoms with Crippen LogP contribution in [-0.4, -0.2) is 83.2 Å². The number of benzene rings is 2. The molecule has 1 amide bonds. The van der Waals surface area contributed by atoms with Crippen molar-refractivity contribution in [2.45, 2.75) is 76.0 Å². The van der Waals surface area contributed by atoms with Crippen molar-refractivity contribution in [3.05, 3.63) is 87.7 Å². The van der Waals surface area contributed by atoms with E-state index in [1.54, 1.807) is 19.4 Å². The minimum absolute atomic E-state index is 0.0109. The lowest BCUT2D eigenvalue weighted by molar-refractivity contribution is 0.0456. The number of nitrogens with zero attached hydrogens (tertiary/aromatic N) is 3. The summed E-state index contributed by atoms with van der Waals surface area (Å²) in [6.07, 6.45) is 10.9. The van der Waals surface area contributed by atoms with Crippen LogP contribution in [0.15, 0.2) is 59.1 Å². The lowest BCUT2D eigenvalue weighted by atomic mass is 9.68. The number of aryl methyl sites for hydroxylation is 1. The Balaban J connectivity index is 1.17. The Labute approximate surface area is 323 Å². The number of aromatic nitrogens is 1. The largest absolute Gasteiger partial charge is 0.494 e. The van der Waals surface area contributed by atoms with Crippen LogP contribution in [0.3, 0.4) is 0 Å². The second-order valence-electron chi connectivity index (χ2n) is 16.2. The van der Waals surface area contributed by atoms with Gasteiger partial charge in [0.15, 0.2) is 11.5 Å². The molecule has 3 aromatic rings. The minimum Gasteiger partial charge on any atom is -0.494 e. The number of hydrogen-bond acceptors (Lipinski definition) is 8. The van der Waals surface area contributed by atoms with Gasteiger partial charge in [0.25, 0.3) is 5.91 Å². The molecule has 7 atom stereocenters. The van der Waals surface area contributed by atoms with Crippen LogP contribution in [0.2, 0.25) is 5.02 Å². The average Bonchev–Trinajstić information content (AvgIpc) is 3.64. The third-order valence-corrected chi connectivity index (χ3v) is 15.0. The molecule has 1 saturated carbocycles. The zero-order valence-corrected chi connectivity index (χ0v) is 32.9. The van der Waals surface area contributed by atoms with E-state index in [1.807, 2.05) is 41.8 Å². The van der Waals surface area contributed by atoms with E-state index in [2.05, 4.69) is 21.4 Å². The maximum absolute atomic E-state index is 14.9. The van der Waals surface area contributed by atoms with E-state index in [4.69, 9.17) is 25.8 Å². The molecule has 8 rings (SSSR count). The number of carbonyl (C=O) groups is 2. The van der Waals surface area contributed by atoms with E-state index in [-0.39, 0.29) is 40.8 Å². The van der Waals surface area contributed by atoms with E-state index in [9.17, 15) is 18.9 Å². The first kappa shape index (κ1) is 37.3. The van der Waals surface area contributed by atoms with Crippen molar-refractivity contribution in [1.82, 2.24) is 4.57 Å². The number of methoxy groups -OCH3 is 2. The molecule has 4 heterocycles. The molecule has 2 aromatic carbocycles. The van der Waals surface area contributed by atoms with Crippen LogP contribution in [0.4, 0.5) is 5.69 Å². The van der Waals surface area contributed by atoms with Gasteiger partial charge in [0, 0.05) is 61.1 Å². The molecule has 5 aliphatic rings. The van der Waals surface area contributed by atoms with Crippen molar-refractivity contribution in [2.75, 3.05) is 50.3 Å². The summed E-state index contributed by atoms with van der Waals surface area (Å²) in [6.45, 7) is 4.39. The average molecular weight is 776 g/mol. The highest BCUT2D eigenvalue weighted by Crippen LogP contribution is 2.47. The molecule has 12 heteroatoms. The molecule has 0 saturated heterocycles. The van der Waals surface area contributed by atoms with Crippen molar-refractivity contribution >= 4 is 38.7 Å². The predicted molar refractivity (Wildman–Crippen MR) is 210 cm³/mol. The second-order valence-corrected chi connectivity index (χ2v) is 19.0. The van der Waals surface area contributed by atoms with Crippen LogP contribution < -0.4 is 14.4 Å². The second kappa shape index (κ2) is 14.8. The smallest absolute Gasteiger partial charge is 0.285 e. The van der Waals surface area contributed by atoms with Gasteiger partial charge in [-0.1, -0.05) is 36.7 Å². The normalized spacial score (nSPS) is 31.2. The van der Waals surface area contributed by atoms with Crippen molar-refractivity contribution in [2.24, 2.45) is 22.1 Å². The number of fused-ring (bicyclic) bond motifs is 5. The van der Waals surface area contributed by atoms with Gasteiger partial charge in [-0.15, -0.1) is 0 Å². The van der Waals surface area contributed by atoms with E-state index < -0.39 is 27.5 Å². The molecule has 1 N–H and O–H groups in total. The first-order valence-corrected chi connectivity index (χ1v) is 21.5. The van der Waals surface area contributed by atoms with Gasteiger partial charge in [0.05, 0.1) is 58.4 Å². The maximum atomic E-state index is 14.9. The summed E-state index contributed by atoms with van der Waals surface area (Å²) in [4.78, 5) is 30.5. The quantitative estimate of drug-likeness (QED) is 0.226. The van der Waals surface area contributed by atoms with Crippen LogP contribution >= 0.6 is 11.6 Å². The minimum atomic E-state index is -3.38. The Hall–Kier alpha value is -3.64. The third kappa shape index (κ3) is 7.01. The van der Waals surface area contributed by atoms with Crippen LogP contribution in [0, 0.1) is 17.8 Å². The number of carbonyl (C=O) groups excluding carboxylic acids is 2. The van der Waals surface area contributed by atoms with Gasteiger partial charge < -0.3 is 28.8 Å². The first-order valence-electron chi connectivity index (χ1n) is 19.2. The summed E-state index contributed by atoms with van der Waals surface area (Å²) in [5.74, 6) is -0.0481. The predicted octanol–water partition coefficient (Wildman–Crippen LogP) is 6.67. The fraction of sp³-hybridized carbons (Fsp3) is 0.524. The Kier molecular flexibility index (Phi) is 10.2. The lowest BCUT2D eigenvalue weighted by Crippen LogP contribution is -2.49. The Bertz CT molecular complexity index is 2120. The molecule has 10 nitrogen and oxygen atoms in total.